The normalized spacial score (nSPS) is 23.4. The number of thiocarbonyl (C=S) groups is 1. The van der Waals surface area contributed by atoms with Crippen LogP contribution in [0.1, 0.15) is 27.2 Å². The van der Waals surface area contributed by atoms with Gasteiger partial charge in [0.25, 0.3) is 0 Å². The van der Waals surface area contributed by atoms with Crippen molar-refractivity contribution in [1.29, 1.82) is 0 Å². The van der Waals surface area contributed by atoms with Gasteiger partial charge in [0.05, 0.1) is 6.10 Å². The fourth-order valence-corrected chi connectivity index (χ4v) is 2.22. The average Bonchev–Trinajstić information content (AvgIpc) is 2.17. The number of aliphatic hydroxyl groups is 1. The Balaban J connectivity index is 3.15. The second-order valence-electron chi connectivity index (χ2n) is 4.09. The number of carbonyl (C=O) groups excluding carboxylic acids is 2. The molecule has 1 heterocycles. The van der Waals surface area contributed by atoms with Crippen LogP contribution in [0.2, 0.25) is 0 Å². The molecule has 1 saturated heterocycles. The summed E-state index contributed by atoms with van der Waals surface area (Å²) in [5.41, 5.74) is -1.24. The summed E-state index contributed by atoms with van der Waals surface area (Å²) in [5, 5.41) is 14.5. The predicted molar refractivity (Wildman–Crippen MR) is 62.5 cm³/mol. The first-order chi connectivity index (χ1) is 7.36. The van der Waals surface area contributed by atoms with Gasteiger partial charge in [-0.1, -0.05) is 13.8 Å². The standard InChI is InChI=1S/C10H16N2O3S/c1-4-10(5(2)6(3)13)7(14)11-9(16)12-8(10)15/h5-6,13H,4H2,1-3H3,(H2,11,12,14,15,16). The maximum absolute atomic E-state index is 11.9. The van der Waals surface area contributed by atoms with Crippen LogP contribution >= 0.6 is 12.2 Å². The van der Waals surface area contributed by atoms with Gasteiger partial charge in [-0.3, -0.25) is 9.59 Å². The third-order valence-electron chi connectivity index (χ3n) is 3.32. The zero-order valence-electron chi connectivity index (χ0n) is 9.53. The van der Waals surface area contributed by atoms with Crippen LogP contribution in [0, 0.1) is 11.3 Å². The zero-order chi connectivity index (χ0) is 12.5. The largest absolute Gasteiger partial charge is 0.393 e. The summed E-state index contributed by atoms with van der Waals surface area (Å²) in [6.07, 6.45) is -0.428. The molecule has 0 aromatic rings. The summed E-state index contributed by atoms with van der Waals surface area (Å²) in [4.78, 5) is 23.9. The van der Waals surface area contributed by atoms with Gasteiger partial charge >= 0.3 is 0 Å². The maximum Gasteiger partial charge on any atom is 0.242 e. The Morgan fingerprint density at radius 1 is 1.31 bits per heavy atom. The Kier molecular flexibility index (Phi) is 3.64. The smallest absolute Gasteiger partial charge is 0.242 e. The van der Waals surface area contributed by atoms with Crippen molar-refractivity contribution in [2.24, 2.45) is 11.3 Å². The minimum absolute atomic E-state index is 0.0249. The molecule has 0 bridgehead atoms. The molecule has 1 fully saturated rings. The second-order valence-corrected chi connectivity index (χ2v) is 4.50. The molecule has 5 nitrogen and oxygen atoms in total. The van der Waals surface area contributed by atoms with Gasteiger partial charge in [-0.2, -0.15) is 0 Å². The summed E-state index contributed by atoms with van der Waals surface area (Å²) in [7, 11) is 0. The monoisotopic (exact) mass is 244 g/mol. The maximum atomic E-state index is 11.9. The molecular formula is C10H16N2O3S. The lowest BCUT2D eigenvalue weighted by molar-refractivity contribution is -0.150. The minimum atomic E-state index is -1.24. The summed E-state index contributed by atoms with van der Waals surface area (Å²) < 4.78 is 0. The predicted octanol–water partition coefficient (Wildman–Crippen LogP) is -0.0694. The number of aliphatic hydroxyl groups excluding tert-OH is 1. The Bertz CT molecular complexity index is 321. The van der Waals surface area contributed by atoms with Crippen LogP contribution in [-0.4, -0.2) is 28.1 Å². The molecule has 1 aliphatic heterocycles. The van der Waals surface area contributed by atoms with E-state index in [0.29, 0.717) is 6.42 Å². The highest BCUT2D eigenvalue weighted by Crippen LogP contribution is 2.36. The zero-order valence-corrected chi connectivity index (χ0v) is 10.4. The Morgan fingerprint density at radius 3 is 2.06 bits per heavy atom. The summed E-state index contributed by atoms with van der Waals surface area (Å²) in [6.45, 7) is 4.99. The Hall–Kier alpha value is -1.01. The first kappa shape index (κ1) is 13.1. The highest BCUT2D eigenvalue weighted by molar-refractivity contribution is 7.80. The lowest BCUT2D eigenvalue weighted by atomic mass is 9.69. The van der Waals surface area contributed by atoms with Crippen LogP contribution in [0.4, 0.5) is 0 Å². The Morgan fingerprint density at radius 2 is 1.75 bits per heavy atom. The van der Waals surface area contributed by atoms with Crippen molar-refractivity contribution in [3.8, 4) is 0 Å². The van der Waals surface area contributed by atoms with Gasteiger partial charge in [-0.05, 0) is 25.6 Å². The molecule has 1 aliphatic rings. The van der Waals surface area contributed by atoms with E-state index in [2.05, 4.69) is 10.6 Å². The van der Waals surface area contributed by atoms with Gasteiger partial charge in [-0.15, -0.1) is 0 Å². The summed E-state index contributed by atoms with van der Waals surface area (Å²) in [6, 6.07) is 0. The number of amides is 2. The van der Waals surface area contributed by atoms with Gasteiger partial charge in [0.15, 0.2) is 5.11 Å². The highest BCUT2D eigenvalue weighted by atomic mass is 32.1. The first-order valence-electron chi connectivity index (χ1n) is 5.21. The van der Waals surface area contributed by atoms with Crippen molar-refractivity contribution < 1.29 is 14.7 Å². The third kappa shape index (κ3) is 1.82. The fourth-order valence-electron chi connectivity index (χ4n) is 2.03. The quantitative estimate of drug-likeness (QED) is 0.480. The summed E-state index contributed by atoms with van der Waals surface area (Å²) in [5.74, 6) is -1.34. The van der Waals surface area contributed by atoms with E-state index < -0.39 is 29.3 Å². The molecule has 2 unspecified atom stereocenters. The van der Waals surface area contributed by atoms with Crippen LogP contribution in [0.3, 0.4) is 0 Å². The number of rotatable bonds is 3. The van der Waals surface area contributed by atoms with E-state index in [-0.39, 0.29) is 5.11 Å². The minimum Gasteiger partial charge on any atom is -0.393 e. The van der Waals surface area contributed by atoms with Gasteiger partial charge in [0.2, 0.25) is 11.8 Å². The molecule has 0 spiro atoms. The van der Waals surface area contributed by atoms with Crippen molar-refractivity contribution in [2.45, 2.75) is 33.3 Å². The third-order valence-corrected chi connectivity index (χ3v) is 3.53. The molecule has 0 aromatic carbocycles. The van der Waals surface area contributed by atoms with Crippen LogP contribution in [0.25, 0.3) is 0 Å². The first-order valence-corrected chi connectivity index (χ1v) is 5.62. The summed E-state index contributed by atoms with van der Waals surface area (Å²) >= 11 is 4.74. The number of nitrogens with one attached hydrogen (secondary N) is 2. The van der Waals surface area contributed by atoms with Crippen molar-refractivity contribution in [2.75, 3.05) is 0 Å². The molecule has 16 heavy (non-hydrogen) atoms. The molecule has 6 heteroatoms. The van der Waals surface area contributed by atoms with Crippen LogP contribution in [0.5, 0.6) is 0 Å². The molecule has 0 aliphatic carbocycles. The van der Waals surface area contributed by atoms with Crippen LogP contribution in [0.15, 0.2) is 0 Å². The molecule has 90 valence electrons. The Labute approximate surface area is 99.6 Å². The van der Waals surface area contributed by atoms with Gasteiger partial charge < -0.3 is 15.7 Å². The van der Waals surface area contributed by atoms with Crippen molar-refractivity contribution in [3.05, 3.63) is 0 Å². The molecule has 3 N–H and O–H groups in total. The number of carbonyl (C=O) groups is 2. The van der Waals surface area contributed by atoms with Crippen LogP contribution in [-0.2, 0) is 9.59 Å². The highest BCUT2D eigenvalue weighted by Gasteiger charge is 2.53. The van der Waals surface area contributed by atoms with E-state index in [1.165, 1.54) is 0 Å². The van der Waals surface area contributed by atoms with E-state index >= 15 is 0 Å². The molecule has 2 amide bonds. The molecule has 2 atom stereocenters. The van der Waals surface area contributed by atoms with Gasteiger partial charge in [-0.25, -0.2) is 0 Å². The average molecular weight is 244 g/mol. The number of hydrogen-bond donors (Lipinski definition) is 3. The van der Waals surface area contributed by atoms with Crippen molar-refractivity contribution in [3.63, 3.8) is 0 Å². The van der Waals surface area contributed by atoms with E-state index in [4.69, 9.17) is 12.2 Å². The van der Waals surface area contributed by atoms with E-state index in [1.807, 2.05) is 0 Å². The van der Waals surface area contributed by atoms with Crippen LogP contribution < -0.4 is 10.6 Å². The van der Waals surface area contributed by atoms with Gasteiger partial charge in [0.1, 0.15) is 5.41 Å². The SMILES string of the molecule is CCC1(C(C)C(C)O)C(=O)NC(=S)NC1=O. The molecule has 0 aromatic heterocycles. The van der Waals surface area contributed by atoms with E-state index in [9.17, 15) is 14.7 Å². The van der Waals surface area contributed by atoms with Crippen molar-refractivity contribution in [1.82, 2.24) is 10.6 Å². The molecule has 1 rings (SSSR count). The second kappa shape index (κ2) is 4.47. The number of hydrogen-bond acceptors (Lipinski definition) is 4. The molecular weight excluding hydrogens is 228 g/mol. The molecule has 0 saturated carbocycles. The fraction of sp³-hybridized carbons (Fsp3) is 0.700. The topological polar surface area (TPSA) is 78.4 Å². The van der Waals surface area contributed by atoms with E-state index in [1.54, 1.807) is 20.8 Å². The van der Waals surface area contributed by atoms with Gasteiger partial charge in [0, 0.05) is 5.92 Å². The lowest BCUT2D eigenvalue weighted by Gasteiger charge is -2.39. The van der Waals surface area contributed by atoms with E-state index in [0.717, 1.165) is 0 Å². The molecule has 0 radical (unpaired) electrons. The van der Waals surface area contributed by atoms with Crippen molar-refractivity contribution >= 4 is 29.1 Å². The lowest BCUT2D eigenvalue weighted by Crippen LogP contribution is -2.65.